The van der Waals surface area contributed by atoms with Crippen molar-refractivity contribution < 1.29 is 9.53 Å². The molecule has 1 fully saturated rings. The van der Waals surface area contributed by atoms with Gasteiger partial charge >= 0.3 is 0 Å². The summed E-state index contributed by atoms with van der Waals surface area (Å²) in [4.78, 5) is 23.6. The van der Waals surface area contributed by atoms with Crippen molar-refractivity contribution in [1.82, 2.24) is 19.4 Å². The van der Waals surface area contributed by atoms with Crippen molar-refractivity contribution in [2.45, 2.75) is 51.1 Å². The van der Waals surface area contributed by atoms with E-state index in [1.807, 2.05) is 24.3 Å². The molecule has 1 aliphatic heterocycles. The highest BCUT2D eigenvalue weighted by molar-refractivity contribution is 5.84. The molecule has 33 heavy (non-hydrogen) atoms. The number of aryl methyl sites for hydroxylation is 1. The third kappa shape index (κ3) is 4.53. The molecule has 2 aromatic heterocycles. The molecule has 0 radical (unpaired) electrons. The number of hydrogen-bond donors (Lipinski definition) is 1. The van der Waals surface area contributed by atoms with E-state index >= 15 is 0 Å². The van der Waals surface area contributed by atoms with Gasteiger partial charge in [0, 0.05) is 43.7 Å². The van der Waals surface area contributed by atoms with Crippen molar-refractivity contribution in [3.8, 4) is 0 Å². The van der Waals surface area contributed by atoms with Crippen LogP contribution >= 0.6 is 0 Å². The van der Waals surface area contributed by atoms with Crippen molar-refractivity contribution in [1.29, 1.82) is 0 Å². The fourth-order valence-corrected chi connectivity index (χ4v) is 5.12. The Kier molecular flexibility index (Phi) is 6.44. The number of benzene rings is 2. The van der Waals surface area contributed by atoms with Crippen molar-refractivity contribution in [3.05, 3.63) is 66.1 Å². The summed E-state index contributed by atoms with van der Waals surface area (Å²) in [6, 6.07) is 16.6. The standard InChI is InChI=1S/C27H32N4O2/c1-33-18-17-30-19-20(21-10-2-5-13-24(21)30)9-8-15-26(32)31-16-7-6-14-25(31)27-28-22-11-3-4-12-23(22)29-27/h2-5,10-13,19,25H,6-9,14-18H2,1H3,(H,28,29). The van der Waals surface area contributed by atoms with Crippen molar-refractivity contribution in [2.75, 3.05) is 20.3 Å². The highest BCUT2D eigenvalue weighted by Crippen LogP contribution is 2.31. The number of amides is 1. The molecule has 0 spiro atoms. The minimum atomic E-state index is 0.0506. The van der Waals surface area contributed by atoms with Crippen LogP contribution in [-0.2, 0) is 22.5 Å². The molecule has 1 saturated heterocycles. The van der Waals surface area contributed by atoms with E-state index in [2.05, 4.69) is 44.9 Å². The molecule has 0 saturated carbocycles. The monoisotopic (exact) mass is 444 g/mol. The van der Waals surface area contributed by atoms with E-state index in [9.17, 15) is 4.79 Å². The second kappa shape index (κ2) is 9.79. The first-order valence-corrected chi connectivity index (χ1v) is 12.0. The summed E-state index contributed by atoms with van der Waals surface area (Å²) in [7, 11) is 1.73. The molecule has 5 rings (SSSR count). The molecule has 1 N–H and O–H groups in total. The fourth-order valence-electron chi connectivity index (χ4n) is 5.12. The summed E-state index contributed by atoms with van der Waals surface area (Å²) in [6.45, 7) is 2.34. The average Bonchev–Trinajstić information content (AvgIpc) is 3.44. The predicted molar refractivity (Wildman–Crippen MR) is 131 cm³/mol. The molecule has 0 aliphatic carbocycles. The van der Waals surface area contributed by atoms with Crippen LogP contribution in [0.4, 0.5) is 0 Å². The molecule has 1 unspecified atom stereocenters. The largest absolute Gasteiger partial charge is 0.383 e. The van der Waals surface area contributed by atoms with E-state index in [1.54, 1.807) is 7.11 Å². The number of likely N-dealkylation sites (tertiary alicyclic amines) is 1. The van der Waals surface area contributed by atoms with Gasteiger partial charge < -0.3 is 19.2 Å². The van der Waals surface area contributed by atoms with Crippen LogP contribution in [0.3, 0.4) is 0 Å². The summed E-state index contributed by atoms with van der Waals surface area (Å²) in [5.74, 6) is 1.16. The van der Waals surface area contributed by atoms with E-state index in [0.29, 0.717) is 13.0 Å². The van der Waals surface area contributed by atoms with Crippen LogP contribution in [-0.4, -0.2) is 45.6 Å². The second-order valence-electron chi connectivity index (χ2n) is 8.95. The molecule has 1 atom stereocenters. The van der Waals surface area contributed by atoms with Gasteiger partial charge in [-0.25, -0.2) is 4.98 Å². The van der Waals surface area contributed by atoms with E-state index in [0.717, 1.165) is 62.1 Å². The highest BCUT2D eigenvalue weighted by atomic mass is 16.5. The van der Waals surface area contributed by atoms with Crippen LogP contribution in [0.2, 0.25) is 0 Å². The number of nitrogens with one attached hydrogen (secondary N) is 1. The molecular weight excluding hydrogens is 412 g/mol. The van der Waals surface area contributed by atoms with Crippen LogP contribution in [0.1, 0.15) is 49.5 Å². The number of hydrogen-bond acceptors (Lipinski definition) is 3. The topological polar surface area (TPSA) is 63.1 Å². The lowest BCUT2D eigenvalue weighted by molar-refractivity contribution is -0.135. The summed E-state index contributed by atoms with van der Waals surface area (Å²) >= 11 is 0. The van der Waals surface area contributed by atoms with Crippen LogP contribution in [0.25, 0.3) is 21.9 Å². The second-order valence-corrected chi connectivity index (χ2v) is 8.95. The molecule has 0 bridgehead atoms. The zero-order valence-electron chi connectivity index (χ0n) is 19.3. The Hall–Kier alpha value is -3.12. The number of imidazole rings is 1. The number of ether oxygens (including phenoxy) is 1. The molecular formula is C27H32N4O2. The number of fused-ring (bicyclic) bond motifs is 2. The number of nitrogens with zero attached hydrogens (tertiary/aromatic N) is 3. The maximum absolute atomic E-state index is 13.3. The molecule has 3 heterocycles. The number of piperidine rings is 1. The lowest BCUT2D eigenvalue weighted by Crippen LogP contribution is -2.38. The maximum Gasteiger partial charge on any atom is 0.223 e. The zero-order chi connectivity index (χ0) is 22.6. The van der Waals surface area contributed by atoms with Crippen LogP contribution in [0.5, 0.6) is 0 Å². The van der Waals surface area contributed by atoms with Gasteiger partial charge in [-0.05, 0) is 55.9 Å². The quantitative estimate of drug-likeness (QED) is 0.404. The number of aromatic nitrogens is 3. The average molecular weight is 445 g/mol. The highest BCUT2D eigenvalue weighted by Gasteiger charge is 2.29. The number of H-pyrrole nitrogens is 1. The Balaban J connectivity index is 1.26. The van der Waals surface area contributed by atoms with Gasteiger partial charge in [-0.3, -0.25) is 4.79 Å². The fraction of sp³-hybridized carbons (Fsp3) is 0.407. The Morgan fingerprint density at radius 1 is 1.15 bits per heavy atom. The normalized spacial score (nSPS) is 16.6. The van der Waals surface area contributed by atoms with Gasteiger partial charge in [-0.1, -0.05) is 30.3 Å². The van der Waals surface area contributed by atoms with Crippen LogP contribution in [0, 0.1) is 0 Å². The summed E-state index contributed by atoms with van der Waals surface area (Å²) in [5, 5.41) is 1.28. The molecule has 6 nitrogen and oxygen atoms in total. The number of rotatable bonds is 8. The van der Waals surface area contributed by atoms with Gasteiger partial charge in [0.25, 0.3) is 0 Å². The number of carbonyl (C=O) groups excluding carboxylic acids is 1. The van der Waals surface area contributed by atoms with Crippen LogP contribution < -0.4 is 0 Å². The minimum absolute atomic E-state index is 0.0506. The summed E-state index contributed by atoms with van der Waals surface area (Å²) in [6.07, 6.45) is 7.71. The third-order valence-electron chi connectivity index (χ3n) is 6.79. The summed E-state index contributed by atoms with van der Waals surface area (Å²) in [5.41, 5.74) is 4.55. The van der Waals surface area contributed by atoms with E-state index in [1.165, 1.54) is 16.5 Å². The Morgan fingerprint density at radius 2 is 2.00 bits per heavy atom. The molecule has 1 amide bonds. The van der Waals surface area contributed by atoms with Crippen molar-refractivity contribution in [2.24, 2.45) is 0 Å². The van der Waals surface area contributed by atoms with Gasteiger partial charge in [0.15, 0.2) is 0 Å². The maximum atomic E-state index is 13.3. The first-order valence-electron chi connectivity index (χ1n) is 12.0. The Bertz CT molecular complexity index is 1210. The lowest BCUT2D eigenvalue weighted by atomic mass is 10.00. The molecule has 172 valence electrons. The first-order chi connectivity index (χ1) is 16.2. The third-order valence-corrected chi connectivity index (χ3v) is 6.79. The molecule has 4 aromatic rings. The number of aromatic amines is 1. The molecule has 6 heteroatoms. The minimum Gasteiger partial charge on any atom is -0.383 e. The smallest absolute Gasteiger partial charge is 0.223 e. The molecule has 2 aromatic carbocycles. The van der Waals surface area contributed by atoms with Gasteiger partial charge in [0.05, 0.1) is 23.7 Å². The van der Waals surface area contributed by atoms with E-state index in [4.69, 9.17) is 9.72 Å². The SMILES string of the molecule is COCCn1cc(CCCC(=O)N2CCCCC2c2nc3ccccc3[nH]2)c2ccccc21. The van der Waals surface area contributed by atoms with Crippen LogP contribution in [0.15, 0.2) is 54.7 Å². The summed E-state index contributed by atoms with van der Waals surface area (Å²) < 4.78 is 7.53. The Morgan fingerprint density at radius 3 is 2.88 bits per heavy atom. The zero-order valence-corrected chi connectivity index (χ0v) is 19.3. The van der Waals surface area contributed by atoms with Gasteiger partial charge in [0.1, 0.15) is 5.82 Å². The Labute approximate surface area is 194 Å². The number of carbonyl (C=O) groups is 1. The molecule has 1 aliphatic rings. The van der Waals surface area contributed by atoms with Gasteiger partial charge in [-0.15, -0.1) is 0 Å². The number of para-hydroxylation sites is 3. The van der Waals surface area contributed by atoms with Gasteiger partial charge in [-0.2, -0.15) is 0 Å². The van der Waals surface area contributed by atoms with Crippen molar-refractivity contribution >= 4 is 27.8 Å². The predicted octanol–water partition coefficient (Wildman–Crippen LogP) is 5.24. The van der Waals surface area contributed by atoms with Crippen molar-refractivity contribution in [3.63, 3.8) is 0 Å². The first kappa shape index (κ1) is 21.7. The van der Waals surface area contributed by atoms with E-state index < -0.39 is 0 Å². The van der Waals surface area contributed by atoms with E-state index in [-0.39, 0.29) is 11.9 Å². The van der Waals surface area contributed by atoms with Gasteiger partial charge in [0.2, 0.25) is 5.91 Å². The lowest BCUT2D eigenvalue weighted by Gasteiger charge is -2.34. The number of methoxy groups -OCH3 is 1.